The summed E-state index contributed by atoms with van der Waals surface area (Å²) in [4.78, 5) is 12.2. The normalized spacial score (nSPS) is 11.9. The lowest BCUT2D eigenvalue weighted by Gasteiger charge is -2.12. The Labute approximate surface area is 228 Å². The molecule has 2 aromatic carbocycles. The van der Waals surface area contributed by atoms with Crippen LogP contribution in [0.15, 0.2) is 54.6 Å². The van der Waals surface area contributed by atoms with Crippen molar-refractivity contribution in [3.63, 3.8) is 0 Å². The average Bonchev–Trinajstić information content (AvgIpc) is 3.43. The van der Waals surface area contributed by atoms with E-state index in [1.54, 1.807) is 19.1 Å². The third-order valence-corrected chi connectivity index (χ3v) is 6.58. The van der Waals surface area contributed by atoms with Gasteiger partial charge in [0.05, 0.1) is 18.0 Å². The van der Waals surface area contributed by atoms with E-state index in [-0.39, 0.29) is 5.97 Å². The standard InChI is InChI=1S/C32H44N2O4/c1-4-6-8-9-10-11-12-13-23-37-28-18-14-26(15-19-28)30-24-31(34-33-30)27-16-20-29(21-17-27)38-32(35)25(3)36-22-7-5-2/h14-21,24-25H,4-13,22-23H2,1-3H3,(H,33,34)/t25-/m0/s1. The summed E-state index contributed by atoms with van der Waals surface area (Å²) in [5.74, 6) is 0.998. The zero-order valence-electron chi connectivity index (χ0n) is 23.3. The van der Waals surface area contributed by atoms with Crippen LogP contribution in [0.1, 0.15) is 85.0 Å². The van der Waals surface area contributed by atoms with E-state index in [0.717, 1.165) is 54.1 Å². The molecule has 1 aromatic heterocycles. The predicted octanol–water partition coefficient (Wildman–Crippen LogP) is 8.37. The van der Waals surface area contributed by atoms with E-state index in [0.29, 0.717) is 12.4 Å². The Kier molecular flexibility index (Phi) is 12.9. The number of nitrogens with zero attached hydrogens (tertiary/aromatic N) is 1. The predicted molar refractivity (Wildman–Crippen MR) is 154 cm³/mol. The van der Waals surface area contributed by atoms with Gasteiger partial charge in [0.2, 0.25) is 0 Å². The van der Waals surface area contributed by atoms with Crippen LogP contribution in [0.25, 0.3) is 22.5 Å². The SMILES string of the molecule is CCCCCCCCCCOc1ccc(-c2cc(-c3ccc(OC(=O)[C@H](C)OCCCC)cc3)[nH]n2)cc1. The van der Waals surface area contributed by atoms with Gasteiger partial charge in [0.1, 0.15) is 11.5 Å². The number of carbonyl (C=O) groups is 1. The van der Waals surface area contributed by atoms with E-state index < -0.39 is 6.10 Å². The second kappa shape index (κ2) is 16.7. The monoisotopic (exact) mass is 520 g/mol. The summed E-state index contributed by atoms with van der Waals surface area (Å²) >= 11 is 0. The number of rotatable bonds is 18. The van der Waals surface area contributed by atoms with E-state index in [4.69, 9.17) is 14.2 Å². The van der Waals surface area contributed by atoms with Crippen molar-refractivity contribution in [2.24, 2.45) is 0 Å². The first-order valence-electron chi connectivity index (χ1n) is 14.3. The molecule has 6 heteroatoms. The number of unbranched alkanes of at least 4 members (excludes halogenated alkanes) is 8. The maximum atomic E-state index is 12.2. The van der Waals surface area contributed by atoms with Crippen LogP contribution in [0.4, 0.5) is 0 Å². The van der Waals surface area contributed by atoms with Crippen molar-refractivity contribution in [1.29, 1.82) is 0 Å². The molecule has 0 aliphatic heterocycles. The van der Waals surface area contributed by atoms with Crippen molar-refractivity contribution in [3.8, 4) is 34.0 Å². The number of hydrogen-bond acceptors (Lipinski definition) is 5. The highest BCUT2D eigenvalue weighted by Crippen LogP contribution is 2.27. The molecule has 3 rings (SSSR count). The highest BCUT2D eigenvalue weighted by molar-refractivity contribution is 5.77. The Morgan fingerprint density at radius 1 is 0.763 bits per heavy atom. The largest absolute Gasteiger partial charge is 0.494 e. The number of H-pyrrole nitrogens is 1. The first kappa shape index (κ1) is 29.4. The van der Waals surface area contributed by atoms with Gasteiger partial charge >= 0.3 is 5.97 Å². The summed E-state index contributed by atoms with van der Waals surface area (Å²) < 4.78 is 16.9. The molecular weight excluding hydrogens is 476 g/mol. The van der Waals surface area contributed by atoms with Crippen LogP contribution in [-0.4, -0.2) is 35.5 Å². The van der Waals surface area contributed by atoms with Crippen molar-refractivity contribution >= 4 is 5.97 Å². The van der Waals surface area contributed by atoms with E-state index in [1.807, 2.05) is 42.5 Å². The van der Waals surface area contributed by atoms with Gasteiger partial charge in [0, 0.05) is 12.2 Å². The molecule has 6 nitrogen and oxygen atoms in total. The Morgan fingerprint density at radius 3 is 2.05 bits per heavy atom. The molecule has 0 saturated carbocycles. The Bertz CT molecular complexity index is 1060. The topological polar surface area (TPSA) is 73.4 Å². The molecule has 0 bridgehead atoms. The zero-order chi connectivity index (χ0) is 27.0. The molecule has 0 unspecified atom stereocenters. The summed E-state index contributed by atoms with van der Waals surface area (Å²) in [6.07, 6.45) is 11.7. The Balaban J connectivity index is 1.43. The lowest BCUT2D eigenvalue weighted by atomic mass is 10.1. The van der Waals surface area contributed by atoms with Gasteiger partial charge in [-0.2, -0.15) is 5.10 Å². The fourth-order valence-electron chi connectivity index (χ4n) is 4.14. The molecule has 0 amide bonds. The van der Waals surface area contributed by atoms with Crippen LogP contribution in [0.2, 0.25) is 0 Å². The number of aromatic amines is 1. The van der Waals surface area contributed by atoms with Crippen molar-refractivity contribution in [1.82, 2.24) is 10.2 Å². The third kappa shape index (κ3) is 9.97. The molecular formula is C32H44N2O4. The molecule has 0 aliphatic carbocycles. The van der Waals surface area contributed by atoms with E-state index in [9.17, 15) is 4.79 Å². The van der Waals surface area contributed by atoms with Gasteiger partial charge in [-0.1, -0.05) is 65.2 Å². The summed E-state index contributed by atoms with van der Waals surface area (Å²) in [6.45, 7) is 7.38. The van der Waals surface area contributed by atoms with Gasteiger partial charge in [-0.3, -0.25) is 5.10 Å². The van der Waals surface area contributed by atoms with Gasteiger partial charge in [0.25, 0.3) is 0 Å². The fourth-order valence-corrected chi connectivity index (χ4v) is 4.14. The number of ether oxygens (including phenoxy) is 3. The van der Waals surface area contributed by atoms with E-state index >= 15 is 0 Å². The first-order chi connectivity index (χ1) is 18.6. The highest BCUT2D eigenvalue weighted by Gasteiger charge is 2.16. The number of hydrogen-bond donors (Lipinski definition) is 1. The zero-order valence-corrected chi connectivity index (χ0v) is 23.3. The second-order valence-electron chi connectivity index (χ2n) is 9.83. The molecule has 0 aliphatic rings. The number of carbonyl (C=O) groups excluding carboxylic acids is 1. The van der Waals surface area contributed by atoms with Crippen molar-refractivity contribution in [3.05, 3.63) is 54.6 Å². The molecule has 0 spiro atoms. The average molecular weight is 521 g/mol. The van der Waals surface area contributed by atoms with E-state index in [2.05, 4.69) is 24.0 Å². The van der Waals surface area contributed by atoms with Crippen LogP contribution in [0, 0.1) is 0 Å². The maximum Gasteiger partial charge on any atom is 0.340 e. The van der Waals surface area contributed by atoms with Crippen LogP contribution in [0.5, 0.6) is 11.5 Å². The van der Waals surface area contributed by atoms with Gasteiger partial charge in [-0.25, -0.2) is 4.79 Å². The van der Waals surface area contributed by atoms with Crippen LogP contribution >= 0.6 is 0 Å². The van der Waals surface area contributed by atoms with Gasteiger partial charge in [0.15, 0.2) is 6.10 Å². The quantitative estimate of drug-likeness (QED) is 0.104. The molecule has 0 fully saturated rings. The summed E-state index contributed by atoms with van der Waals surface area (Å²) in [5, 5.41) is 7.58. The summed E-state index contributed by atoms with van der Waals surface area (Å²) in [7, 11) is 0. The second-order valence-corrected chi connectivity index (χ2v) is 9.83. The minimum absolute atomic E-state index is 0.386. The molecule has 1 atom stereocenters. The molecule has 0 saturated heterocycles. The summed E-state index contributed by atoms with van der Waals surface area (Å²) in [6, 6.07) is 17.5. The van der Waals surface area contributed by atoms with Crippen LogP contribution in [0.3, 0.4) is 0 Å². The van der Waals surface area contributed by atoms with Crippen molar-refractivity contribution in [2.45, 2.75) is 91.1 Å². The molecule has 1 N–H and O–H groups in total. The van der Waals surface area contributed by atoms with Gasteiger partial charge < -0.3 is 14.2 Å². The smallest absolute Gasteiger partial charge is 0.340 e. The number of nitrogens with one attached hydrogen (secondary N) is 1. The van der Waals surface area contributed by atoms with Crippen molar-refractivity contribution < 1.29 is 19.0 Å². The summed E-state index contributed by atoms with van der Waals surface area (Å²) in [5.41, 5.74) is 3.74. The Morgan fingerprint density at radius 2 is 1.37 bits per heavy atom. The number of aromatic nitrogens is 2. The van der Waals surface area contributed by atoms with Gasteiger partial charge in [-0.15, -0.1) is 0 Å². The Hall–Kier alpha value is -3.12. The molecule has 1 heterocycles. The minimum atomic E-state index is -0.585. The highest BCUT2D eigenvalue weighted by atomic mass is 16.6. The van der Waals surface area contributed by atoms with Gasteiger partial charge in [-0.05, 0) is 79.9 Å². The fraction of sp³-hybridized carbons (Fsp3) is 0.500. The lowest BCUT2D eigenvalue weighted by molar-refractivity contribution is -0.146. The molecule has 206 valence electrons. The van der Waals surface area contributed by atoms with Crippen molar-refractivity contribution in [2.75, 3.05) is 13.2 Å². The third-order valence-electron chi connectivity index (χ3n) is 6.58. The number of benzene rings is 2. The number of esters is 1. The molecule has 38 heavy (non-hydrogen) atoms. The minimum Gasteiger partial charge on any atom is -0.494 e. The maximum absolute atomic E-state index is 12.2. The lowest BCUT2D eigenvalue weighted by Crippen LogP contribution is -2.26. The molecule has 3 aromatic rings. The van der Waals surface area contributed by atoms with Crippen LogP contribution in [-0.2, 0) is 9.53 Å². The molecule has 0 radical (unpaired) electrons. The first-order valence-corrected chi connectivity index (χ1v) is 14.3. The van der Waals surface area contributed by atoms with E-state index in [1.165, 1.54) is 44.9 Å². The van der Waals surface area contributed by atoms with Crippen LogP contribution < -0.4 is 9.47 Å².